The zero-order valence-corrected chi connectivity index (χ0v) is 9.45. The van der Waals surface area contributed by atoms with Crippen LogP contribution < -0.4 is 0 Å². The van der Waals surface area contributed by atoms with Crippen molar-refractivity contribution in [2.24, 2.45) is 5.92 Å². The van der Waals surface area contributed by atoms with Crippen molar-refractivity contribution in [1.29, 1.82) is 0 Å². The lowest BCUT2D eigenvalue weighted by molar-refractivity contribution is -0.146. The normalized spacial score (nSPS) is 10.1. The van der Waals surface area contributed by atoms with Gasteiger partial charge in [0.2, 0.25) is 0 Å². The van der Waals surface area contributed by atoms with Crippen molar-refractivity contribution in [3.8, 4) is 0 Å². The first-order valence-corrected chi connectivity index (χ1v) is 4.82. The van der Waals surface area contributed by atoms with Crippen LogP contribution in [0.3, 0.4) is 0 Å². The second-order valence-corrected chi connectivity index (χ2v) is 3.25. The van der Waals surface area contributed by atoms with Crippen LogP contribution in [0.2, 0.25) is 0 Å². The van der Waals surface area contributed by atoms with Crippen molar-refractivity contribution in [2.45, 2.75) is 20.3 Å². The molecule has 0 aliphatic rings. The summed E-state index contributed by atoms with van der Waals surface area (Å²) in [5.41, 5.74) is 0. The average molecular weight is 218 g/mol. The van der Waals surface area contributed by atoms with Crippen molar-refractivity contribution >= 4 is 11.9 Å². The SMILES string of the molecule is COCCC(COC(C)=O)COC(C)=O. The van der Waals surface area contributed by atoms with Crippen molar-refractivity contribution in [3.05, 3.63) is 0 Å². The van der Waals surface area contributed by atoms with Crippen molar-refractivity contribution < 1.29 is 23.8 Å². The van der Waals surface area contributed by atoms with E-state index in [-0.39, 0.29) is 31.1 Å². The van der Waals surface area contributed by atoms with E-state index < -0.39 is 0 Å². The maximum atomic E-state index is 10.6. The summed E-state index contributed by atoms with van der Waals surface area (Å²) >= 11 is 0. The molecule has 0 unspecified atom stereocenters. The Morgan fingerprint density at radius 3 is 1.87 bits per heavy atom. The Hall–Kier alpha value is -1.10. The highest BCUT2D eigenvalue weighted by Crippen LogP contribution is 2.05. The summed E-state index contributed by atoms with van der Waals surface area (Å²) in [6.45, 7) is 3.75. The van der Waals surface area contributed by atoms with Gasteiger partial charge < -0.3 is 14.2 Å². The van der Waals surface area contributed by atoms with Crippen molar-refractivity contribution in [2.75, 3.05) is 26.9 Å². The molecule has 0 atom stereocenters. The summed E-state index contributed by atoms with van der Waals surface area (Å²) in [4.78, 5) is 21.2. The Balaban J connectivity index is 3.82. The van der Waals surface area contributed by atoms with Crippen LogP contribution in [0.15, 0.2) is 0 Å². The monoisotopic (exact) mass is 218 g/mol. The molecule has 0 heterocycles. The van der Waals surface area contributed by atoms with Crippen LogP contribution in [0.5, 0.6) is 0 Å². The molecule has 0 N–H and O–H groups in total. The molecular formula is C10H18O5. The topological polar surface area (TPSA) is 61.8 Å². The molecule has 0 aromatic carbocycles. The smallest absolute Gasteiger partial charge is 0.302 e. The number of ether oxygens (including phenoxy) is 3. The quantitative estimate of drug-likeness (QED) is 0.590. The van der Waals surface area contributed by atoms with Gasteiger partial charge >= 0.3 is 11.9 Å². The van der Waals surface area contributed by atoms with Gasteiger partial charge in [0.1, 0.15) is 0 Å². The molecule has 0 aromatic heterocycles. The van der Waals surface area contributed by atoms with Gasteiger partial charge in [-0.05, 0) is 6.42 Å². The van der Waals surface area contributed by atoms with Crippen molar-refractivity contribution in [1.82, 2.24) is 0 Å². The third kappa shape index (κ3) is 9.21. The van der Waals surface area contributed by atoms with E-state index in [0.29, 0.717) is 13.0 Å². The fraction of sp³-hybridized carbons (Fsp3) is 0.800. The van der Waals surface area contributed by atoms with Gasteiger partial charge in [-0.3, -0.25) is 9.59 Å². The van der Waals surface area contributed by atoms with Crippen LogP contribution in [0.4, 0.5) is 0 Å². The first-order valence-electron chi connectivity index (χ1n) is 4.82. The Bertz CT molecular complexity index is 184. The van der Waals surface area contributed by atoms with Gasteiger partial charge in [0, 0.05) is 33.5 Å². The number of rotatable bonds is 7. The van der Waals surface area contributed by atoms with E-state index in [1.807, 2.05) is 0 Å². The highest BCUT2D eigenvalue weighted by Gasteiger charge is 2.12. The van der Waals surface area contributed by atoms with E-state index in [1.54, 1.807) is 7.11 Å². The second kappa shape index (κ2) is 8.23. The molecule has 5 heteroatoms. The highest BCUT2D eigenvalue weighted by molar-refractivity contribution is 5.66. The molecule has 0 amide bonds. The fourth-order valence-electron chi connectivity index (χ4n) is 0.970. The van der Waals surface area contributed by atoms with Gasteiger partial charge in [0.25, 0.3) is 0 Å². The fourth-order valence-corrected chi connectivity index (χ4v) is 0.970. The number of carbonyl (C=O) groups is 2. The van der Waals surface area contributed by atoms with Gasteiger partial charge in [-0.1, -0.05) is 0 Å². The Morgan fingerprint density at radius 1 is 1.07 bits per heavy atom. The lowest BCUT2D eigenvalue weighted by Gasteiger charge is -2.15. The van der Waals surface area contributed by atoms with Gasteiger partial charge in [-0.25, -0.2) is 0 Å². The first-order chi connectivity index (χ1) is 7.06. The molecule has 15 heavy (non-hydrogen) atoms. The first kappa shape index (κ1) is 13.9. The van der Waals surface area contributed by atoms with Crippen LogP contribution >= 0.6 is 0 Å². The Labute approximate surface area is 89.7 Å². The maximum absolute atomic E-state index is 10.6. The average Bonchev–Trinajstić information content (AvgIpc) is 2.16. The van der Waals surface area contributed by atoms with Crippen LogP contribution in [0.1, 0.15) is 20.3 Å². The van der Waals surface area contributed by atoms with Gasteiger partial charge in [0.05, 0.1) is 13.2 Å². The van der Waals surface area contributed by atoms with E-state index in [4.69, 9.17) is 14.2 Å². The molecule has 0 saturated carbocycles. The molecule has 0 aliphatic heterocycles. The molecule has 0 bridgehead atoms. The second-order valence-electron chi connectivity index (χ2n) is 3.25. The minimum atomic E-state index is -0.333. The summed E-state index contributed by atoms with van der Waals surface area (Å²) < 4.78 is 14.6. The molecule has 0 aliphatic carbocycles. The minimum Gasteiger partial charge on any atom is -0.465 e. The van der Waals surface area contributed by atoms with E-state index in [0.717, 1.165) is 0 Å². The van der Waals surface area contributed by atoms with Crippen LogP contribution in [0, 0.1) is 5.92 Å². The Morgan fingerprint density at radius 2 is 1.53 bits per heavy atom. The molecule has 0 radical (unpaired) electrons. The summed E-state index contributed by atoms with van der Waals surface area (Å²) in [7, 11) is 1.59. The molecule has 0 fully saturated rings. The standard InChI is InChI=1S/C10H18O5/c1-8(11)14-6-10(4-5-13-3)7-15-9(2)12/h10H,4-7H2,1-3H3. The van der Waals surface area contributed by atoms with E-state index >= 15 is 0 Å². The number of methoxy groups -OCH3 is 1. The molecule has 0 spiro atoms. The molecule has 0 saturated heterocycles. The third-order valence-corrected chi connectivity index (χ3v) is 1.77. The number of hydrogen-bond donors (Lipinski definition) is 0. The summed E-state index contributed by atoms with van der Waals surface area (Å²) in [6.07, 6.45) is 0.692. The summed E-state index contributed by atoms with van der Waals surface area (Å²) in [5.74, 6) is -0.668. The van der Waals surface area contributed by atoms with E-state index in [1.165, 1.54) is 13.8 Å². The largest absolute Gasteiger partial charge is 0.465 e. The molecule has 0 aromatic rings. The number of hydrogen-bond acceptors (Lipinski definition) is 5. The number of esters is 2. The third-order valence-electron chi connectivity index (χ3n) is 1.77. The lowest BCUT2D eigenvalue weighted by atomic mass is 10.1. The zero-order valence-electron chi connectivity index (χ0n) is 9.45. The maximum Gasteiger partial charge on any atom is 0.302 e. The molecule has 5 nitrogen and oxygen atoms in total. The van der Waals surface area contributed by atoms with Gasteiger partial charge in [-0.2, -0.15) is 0 Å². The zero-order chi connectivity index (χ0) is 11.7. The predicted octanol–water partition coefficient (Wildman–Crippen LogP) is 0.765. The molecule has 0 rings (SSSR count). The Kier molecular flexibility index (Phi) is 7.62. The highest BCUT2D eigenvalue weighted by atomic mass is 16.5. The van der Waals surface area contributed by atoms with Crippen molar-refractivity contribution in [3.63, 3.8) is 0 Å². The van der Waals surface area contributed by atoms with Crippen LogP contribution in [-0.2, 0) is 23.8 Å². The summed E-state index contributed by atoms with van der Waals surface area (Å²) in [5, 5.41) is 0. The molecule has 88 valence electrons. The van der Waals surface area contributed by atoms with E-state index in [2.05, 4.69) is 0 Å². The van der Waals surface area contributed by atoms with Gasteiger partial charge in [-0.15, -0.1) is 0 Å². The van der Waals surface area contributed by atoms with Crippen LogP contribution in [-0.4, -0.2) is 38.9 Å². The molecular weight excluding hydrogens is 200 g/mol. The van der Waals surface area contributed by atoms with Gasteiger partial charge in [0.15, 0.2) is 0 Å². The predicted molar refractivity (Wildman–Crippen MR) is 53.2 cm³/mol. The van der Waals surface area contributed by atoms with Crippen LogP contribution in [0.25, 0.3) is 0 Å². The lowest BCUT2D eigenvalue weighted by Crippen LogP contribution is -2.20. The summed E-state index contributed by atoms with van der Waals surface area (Å²) in [6, 6.07) is 0. The minimum absolute atomic E-state index is 0.00208. The van der Waals surface area contributed by atoms with E-state index in [9.17, 15) is 9.59 Å². The number of carbonyl (C=O) groups excluding carboxylic acids is 2.